The first-order valence-electron chi connectivity index (χ1n) is 14.4. The zero-order valence-electron chi connectivity index (χ0n) is 23.9. The van der Waals surface area contributed by atoms with Crippen LogP contribution in [0.1, 0.15) is 0 Å². The summed E-state index contributed by atoms with van der Waals surface area (Å²) in [4.78, 5) is 15.4. The van der Waals surface area contributed by atoms with Crippen LogP contribution >= 0.6 is 0 Å². The molecule has 0 unspecified atom stereocenters. The van der Waals surface area contributed by atoms with E-state index in [0.717, 1.165) is 66.5 Å². The fourth-order valence-corrected chi connectivity index (χ4v) is 5.23. The van der Waals surface area contributed by atoms with Crippen molar-refractivity contribution in [3.63, 3.8) is 0 Å². The van der Waals surface area contributed by atoms with E-state index in [1.165, 1.54) is 0 Å². The summed E-state index contributed by atoms with van der Waals surface area (Å²) in [5.41, 5.74) is 21.5. The largest absolute Gasteiger partial charge is 0.399 e. The maximum absolute atomic E-state index is 6.02. The SMILES string of the molecule is Nc1ccc(-c2nc3ccc(cc3)c(-c3ccc(N)cc3)nc3ccc(cc3)c(-c3ccccc3)nc3ccc2cc3)cc1. The molecule has 0 spiro atoms. The minimum Gasteiger partial charge on any atom is -0.399 e. The maximum atomic E-state index is 6.02. The van der Waals surface area contributed by atoms with Gasteiger partial charge in [-0.25, -0.2) is 15.0 Å². The first-order chi connectivity index (χ1) is 21.6. The van der Waals surface area contributed by atoms with Crippen molar-refractivity contribution in [2.75, 3.05) is 11.5 Å². The fraction of sp³-hybridized carbons (Fsp3) is 0. The van der Waals surface area contributed by atoms with Gasteiger partial charge >= 0.3 is 0 Å². The van der Waals surface area contributed by atoms with E-state index < -0.39 is 0 Å². The molecular weight excluding hydrogens is 538 g/mol. The van der Waals surface area contributed by atoms with Crippen molar-refractivity contribution >= 4 is 44.1 Å². The van der Waals surface area contributed by atoms with Crippen LogP contribution in [0.3, 0.4) is 0 Å². The van der Waals surface area contributed by atoms with Crippen LogP contribution in [0.4, 0.5) is 11.4 Å². The van der Waals surface area contributed by atoms with Crippen molar-refractivity contribution < 1.29 is 0 Å². The summed E-state index contributed by atoms with van der Waals surface area (Å²) in [7, 11) is 0. The van der Waals surface area contributed by atoms with Gasteiger partial charge in [-0.2, -0.15) is 0 Å². The van der Waals surface area contributed by atoms with E-state index >= 15 is 0 Å². The third-order valence-corrected chi connectivity index (χ3v) is 7.56. The third kappa shape index (κ3) is 5.67. The van der Waals surface area contributed by atoms with Crippen LogP contribution in [0.5, 0.6) is 0 Å². The lowest BCUT2D eigenvalue weighted by molar-refractivity contribution is 1.40. The van der Waals surface area contributed by atoms with Gasteiger partial charge in [0.05, 0.1) is 33.6 Å². The molecule has 0 saturated carbocycles. The molecule has 0 atom stereocenters. The van der Waals surface area contributed by atoms with Crippen LogP contribution in [-0.2, 0) is 0 Å². The Labute approximate surface area is 255 Å². The number of hydrogen-bond donors (Lipinski definition) is 2. The summed E-state index contributed by atoms with van der Waals surface area (Å²) in [5.74, 6) is 0. The molecule has 4 N–H and O–H groups in total. The normalized spacial score (nSPS) is 10.9. The molecule has 0 aliphatic carbocycles. The van der Waals surface area contributed by atoms with E-state index in [-0.39, 0.29) is 0 Å². The highest BCUT2D eigenvalue weighted by atomic mass is 14.7. The van der Waals surface area contributed by atoms with Crippen LogP contribution < -0.4 is 11.5 Å². The second-order valence-electron chi connectivity index (χ2n) is 10.6. The van der Waals surface area contributed by atoms with Gasteiger partial charge in [0.15, 0.2) is 0 Å². The standard InChI is InChI=1S/C39H29N5/c40-32-16-6-27(7-17-32)38-30-12-22-34(23-13-30)42-37(26-4-2-1-3-5-26)29-10-20-35(21-11-29)43-39(28-8-18-33(41)19-9-28)31-14-24-36(44-38)25-15-31/h1-25H,40-41H2. The topological polar surface area (TPSA) is 90.7 Å². The predicted molar refractivity (Wildman–Crippen MR) is 184 cm³/mol. The molecule has 0 aliphatic heterocycles. The van der Waals surface area contributed by atoms with Crippen molar-refractivity contribution in [2.45, 2.75) is 0 Å². The van der Waals surface area contributed by atoms with Crippen LogP contribution in [0.15, 0.2) is 152 Å². The number of benzene rings is 6. The average molecular weight is 568 g/mol. The minimum absolute atomic E-state index is 0.708. The van der Waals surface area contributed by atoms with Crippen LogP contribution in [-0.4, -0.2) is 15.0 Å². The van der Waals surface area contributed by atoms with Gasteiger partial charge in [0.25, 0.3) is 0 Å². The van der Waals surface area contributed by atoms with E-state index in [0.29, 0.717) is 11.4 Å². The minimum atomic E-state index is 0.708. The highest BCUT2D eigenvalue weighted by Gasteiger charge is 2.06. The Kier molecular flexibility index (Phi) is 7.11. The smallest absolute Gasteiger partial charge is 0.0781 e. The van der Waals surface area contributed by atoms with E-state index in [2.05, 4.69) is 48.5 Å². The van der Waals surface area contributed by atoms with Crippen molar-refractivity contribution in [3.05, 3.63) is 152 Å². The maximum Gasteiger partial charge on any atom is 0.0781 e. The molecule has 5 heteroatoms. The molecular formula is C39H29N5. The summed E-state index contributed by atoms with van der Waals surface area (Å²) in [6.45, 7) is 0. The van der Waals surface area contributed by atoms with E-state index in [9.17, 15) is 0 Å². The molecule has 0 radical (unpaired) electrons. The number of anilines is 2. The zero-order chi connectivity index (χ0) is 29.9. The Morgan fingerprint density at radius 1 is 0.295 bits per heavy atom. The monoisotopic (exact) mass is 567 g/mol. The van der Waals surface area contributed by atoms with Crippen LogP contribution in [0.2, 0.25) is 0 Å². The highest BCUT2D eigenvalue weighted by molar-refractivity contribution is 5.86. The Hall–Kier alpha value is -6.07. The molecule has 4 heterocycles. The van der Waals surface area contributed by atoms with E-state index in [4.69, 9.17) is 26.4 Å². The lowest BCUT2D eigenvalue weighted by Gasteiger charge is -2.06. The Morgan fingerprint density at radius 2 is 0.591 bits per heavy atom. The molecule has 10 rings (SSSR count). The third-order valence-electron chi connectivity index (χ3n) is 7.56. The molecule has 5 nitrogen and oxygen atoms in total. The first kappa shape index (κ1) is 26.8. The van der Waals surface area contributed by atoms with Gasteiger partial charge in [0.2, 0.25) is 0 Å². The number of aromatic nitrogens is 3. The first-order valence-corrected chi connectivity index (χ1v) is 14.4. The quantitative estimate of drug-likeness (QED) is 0.208. The van der Waals surface area contributed by atoms with Crippen molar-refractivity contribution in [3.8, 4) is 33.8 Å². The molecule has 4 aromatic heterocycles. The number of nitrogens with zero attached hydrogens (tertiary/aromatic N) is 3. The molecule has 6 bridgehead atoms. The molecule has 10 aromatic rings. The summed E-state index contributed by atoms with van der Waals surface area (Å²) >= 11 is 0. The van der Waals surface area contributed by atoms with Crippen molar-refractivity contribution in [1.82, 2.24) is 15.0 Å². The second kappa shape index (κ2) is 11.7. The van der Waals surface area contributed by atoms with Gasteiger partial charge in [0, 0.05) is 44.2 Å². The van der Waals surface area contributed by atoms with Crippen molar-refractivity contribution in [1.29, 1.82) is 0 Å². The summed E-state index contributed by atoms with van der Waals surface area (Å²) in [6.07, 6.45) is 0. The molecule has 6 aromatic carbocycles. The lowest BCUT2D eigenvalue weighted by Crippen LogP contribution is -1.88. The molecule has 0 amide bonds. The molecule has 210 valence electrons. The Bertz CT molecular complexity index is 2120. The van der Waals surface area contributed by atoms with Gasteiger partial charge in [-0.05, 0) is 60.7 Å². The number of rotatable bonds is 3. The second-order valence-corrected chi connectivity index (χ2v) is 10.6. The number of nitrogen functional groups attached to an aromatic ring is 2. The van der Waals surface area contributed by atoms with Gasteiger partial charge in [-0.1, -0.05) is 91.0 Å². The summed E-state index contributed by atoms with van der Waals surface area (Å²) in [5, 5.41) is 2.96. The average Bonchev–Trinajstić information content (AvgIpc) is 3.07. The van der Waals surface area contributed by atoms with Crippen molar-refractivity contribution in [2.24, 2.45) is 0 Å². The number of fused-ring (bicyclic) bond motifs is 3. The van der Waals surface area contributed by atoms with Gasteiger partial charge in [-0.15, -0.1) is 0 Å². The predicted octanol–water partition coefficient (Wildman–Crippen LogP) is 9.18. The molecule has 0 saturated heterocycles. The molecule has 0 fully saturated rings. The van der Waals surface area contributed by atoms with E-state index in [1.54, 1.807) is 0 Å². The number of hydrogen-bond acceptors (Lipinski definition) is 5. The highest BCUT2D eigenvalue weighted by Crippen LogP contribution is 2.28. The molecule has 44 heavy (non-hydrogen) atoms. The summed E-state index contributed by atoms with van der Waals surface area (Å²) in [6, 6.07) is 50.5. The lowest BCUT2D eigenvalue weighted by atomic mass is 10.1. The van der Waals surface area contributed by atoms with Gasteiger partial charge < -0.3 is 11.5 Å². The fourth-order valence-electron chi connectivity index (χ4n) is 5.23. The van der Waals surface area contributed by atoms with Gasteiger partial charge in [0.1, 0.15) is 0 Å². The number of nitrogens with two attached hydrogens (primary N) is 2. The Balaban J connectivity index is 1.57. The summed E-state index contributed by atoms with van der Waals surface area (Å²) < 4.78 is 0. The molecule has 0 aliphatic rings. The van der Waals surface area contributed by atoms with Crippen LogP contribution in [0.25, 0.3) is 66.5 Å². The van der Waals surface area contributed by atoms with Gasteiger partial charge in [-0.3, -0.25) is 0 Å². The van der Waals surface area contributed by atoms with Crippen LogP contribution in [0, 0.1) is 0 Å². The zero-order valence-corrected chi connectivity index (χ0v) is 23.9. The Morgan fingerprint density at radius 3 is 0.909 bits per heavy atom. The van der Waals surface area contributed by atoms with E-state index in [1.807, 2.05) is 103 Å².